The third-order valence-corrected chi connectivity index (χ3v) is 4.17. The summed E-state index contributed by atoms with van der Waals surface area (Å²) in [5.41, 5.74) is -0.825. The maximum atomic E-state index is 13.0. The van der Waals surface area contributed by atoms with Gasteiger partial charge in [-0.15, -0.1) is 0 Å². The van der Waals surface area contributed by atoms with Crippen molar-refractivity contribution in [3.05, 3.63) is 40.3 Å². The van der Waals surface area contributed by atoms with Crippen molar-refractivity contribution in [2.75, 3.05) is 5.32 Å². The van der Waals surface area contributed by atoms with Crippen LogP contribution in [-0.2, 0) is 6.18 Å². The molecule has 0 aliphatic heterocycles. The molecule has 0 amide bonds. The zero-order chi connectivity index (χ0) is 15.9. The van der Waals surface area contributed by atoms with E-state index in [0.717, 1.165) is 17.4 Å². The van der Waals surface area contributed by atoms with Crippen LogP contribution in [0.1, 0.15) is 5.56 Å². The van der Waals surface area contributed by atoms with Crippen LogP contribution in [0.3, 0.4) is 0 Å². The number of benzene rings is 1. The number of alkyl halides is 3. The maximum Gasteiger partial charge on any atom is 0.418 e. The summed E-state index contributed by atoms with van der Waals surface area (Å²) >= 11 is 12.8. The second-order valence-corrected chi connectivity index (χ2v) is 5.87. The molecule has 0 saturated heterocycles. The largest absolute Gasteiger partial charge is 0.418 e. The molecule has 3 aromatic rings. The molecule has 0 saturated carbocycles. The van der Waals surface area contributed by atoms with Crippen molar-refractivity contribution in [3.63, 3.8) is 0 Å². The van der Waals surface area contributed by atoms with Crippen molar-refractivity contribution in [1.29, 1.82) is 0 Å². The molecule has 0 spiro atoms. The molecule has 2 aromatic heterocycles. The molecule has 114 valence electrons. The molecular weight excluding hydrogens is 360 g/mol. The van der Waals surface area contributed by atoms with Gasteiger partial charge >= 0.3 is 6.18 Å². The standard InChI is InChI=1S/C12H5Cl2F3N4S/c13-6-3-1-2-5(12(15,16)17)7(6)20-11-21-8-9(14)18-4-19-10(8)22-11/h1-4H,(H,20,21). The third kappa shape index (κ3) is 2.81. The van der Waals surface area contributed by atoms with Crippen LogP contribution in [0, 0.1) is 0 Å². The Hall–Kier alpha value is -1.64. The monoisotopic (exact) mass is 364 g/mol. The Morgan fingerprint density at radius 1 is 1.14 bits per heavy atom. The number of rotatable bonds is 2. The van der Waals surface area contributed by atoms with Gasteiger partial charge in [0, 0.05) is 0 Å². The Morgan fingerprint density at radius 3 is 2.59 bits per heavy atom. The predicted molar refractivity (Wildman–Crippen MR) is 80.0 cm³/mol. The zero-order valence-electron chi connectivity index (χ0n) is 10.4. The molecule has 22 heavy (non-hydrogen) atoms. The Labute approximate surface area is 135 Å². The summed E-state index contributed by atoms with van der Waals surface area (Å²) in [6, 6.07) is 3.53. The van der Waals surface area contributed by atoms with Gasteiger partial charge in [0.1, 0.15) is 16.7 Å². The lowest BCUT2D eigenvalue weighted by atomic mass is 10.1. The average Bonchev–Trinajstić information content (AvgIpc) is 2.84. The first kappa shape index (κ1) is 15.3. The zero-order valence-corrected chi connectivity index (χ0v) is 12.8. The topological polar surface area (TPSA) is 50.7 Å². The van der Waals surface area contributed by atoms with Crippen molar-refractivity contribution in [2.45, 2.75) is 6.18 Å². The number of hydrogen-bond acceptors (Lipinski definition) is 5. The van der Waals surface area contributed by atoms with Gasteiger partial charge in [0.2, 0.25) is 0 Å². The van der Waals surface area contributed by atoms with Gasteiger partial charge < -0.3 is 5.32 Å². The van der Waals surface area contributed by atoms with E-state index in [9.17, 15) is 13.2 Å². The summed E-state index contributed by atoms with van der Waals surface area (Å²) in [4.78, 5) is 12.3. The molecule has 4 nitrogen and oxygen atoms in total. The lowest BCUT2D eigenvalue weighted by Gasteiger charge is -2.14. The van der Waals surface area contributed by atoms with Crippen molar-refractivity contribution < 1.29 is 13.2 Å². The van der Waals surface area contributed by atoms with Crippen LogP contribution < -0.4 is 5.32 Å². The first-order chi connectivity index (χ1) is 10.4. The molecule has 0 unspecified atom stereocenters. The van der Waals surface area contributed by atoms with Crippen LogP contribution in [0.25, 0.3) is 10.3 Å². The Kier molecular flexibility index (Phi) is 3.84. The summed E-state index contributed by atoms with van der Waals surface area (Å²) in [5, 5.41) is 2.85. The van der Waals surface area contributed by atoms with E-state index < -0.39 is 11.7 Å². The molecule has 0 atom stereocenters. The highest BCUT2D eigenvalue weighted by molar-refractivity contribution is 7.21. The van der Waals surface area contributed by atoms with Crippen molar-refractivity contribution >= 4 is 55.7 Å². The van der Waals surface area contributed by atoms with Gasteiger partial charge in [-0.1, -0.05) is 40.6 Å². The van der Waals surface area contributed by atoms with Crippen LogP contribution in [0.2, 0.25) is 10.2 Å². The highest BCUT2D eigenvalue weighted by Crippen LogP contribution is 2.40. The molecule has 0 aliphatic rings. The van der Waals surface area contributed by atoms with Crippen LogP contribution >= 0.6 is 34.5 Å². The van der Waals surface area contributed by atoms with E-state index in [0.29, 0.717) is 10.3 Å². The van der Waals surface area contributed by atoms with Gasteiger partial charge in [0.05, 0.1) is 16.3 Å². The number of hydrogen-bond donors (Lipinski definition) is 1. The molecule has 0 aliphatic carbocycles. The number of thiazole rings is 1. The quantitative estimate of drug-likeness (QED) is 0.638. The molecule has 2 heterocycles. The minimum atomic E-state index is -4.54. The fraction of sp³-hybridized carbons (Fsp3) is 0.0833. The summed E-state index contributed by atoms with van der Waals surface area (Å²) in [6.07, 6.45) is -3.29. The number of anilines is 2. The summed E-state index contributed by atoms with van der Waals surface area (Å²) in [5.74, 6) is 0. The predicted octanol–water partition coefficient (Wildman–Crippen LogP) is 5.16. The van der Waals surface area contributed by atoms with E-state index in [2.05, 4.69) is 20.3 Å². The smallest absolute Gasteiger partial charge is 0.330 e. The Bertz CT molecular complexity index is 850. The van der Waals surface area contributed by atoms with E-state index in [4.69, 9.17) is 23.2 Å². The fourth-order valence-electron chi connectivity index (χ4n) is 1.77. The molecule has 0 bridgehead atoms. The minimum absolute atomic E-state index is 0.0636. The van der Waals surface area contributed by atoms with Crippen molar-refractivity contribution in [2.24, 2.45) is 0 Å². The molecule has 3 rings (SSSR count). The molecule has 0 radical (unpaired) electrons. The van der Waals surface area contributed by atoms with Crippen LogP contribution in [0.15, 0.2) is 24.5 Å². The summed E-state index contributed by atoms with van der Waals surface area (Å²) < 4.78 is 39.1. The number of nitrogens with zero attached hydrogens (tertiary/aromatic N) is 3. The van der Waals surface area contributed by atoms with Gasteiger partial charge in [-0.2, -0.15) is 13.2 Å². The van der Waals surface area contributed by atoms with Gasteiger partial charge in [-0.3, -0.25) is 0 Å². The van der Waals surface area contributed by atoms with Gasteiger partial charge in [0.15, 0.2) is 10.3 Å². The van der Waals surface area contributed by atoms with Crippen LogP contribution in [0.5, 0.6) is 0 Å². The molecule has 10 heteroatoms. The normalized spacial score (nSPS) is 11.9. The van der Waals surface area contributed by atoms with E-state index in [-0.39, 0.29) is 21.0 Å². The molecule has 1 aromatic carbocycles. The van der Waals surface area contributed by atoms with E-state index in [1.165, 1.54) is 18.5 Å². The molecular formula is C12H5Cl2F3N4S. The number of halogens is 5. The van der Waals surface area contributed by atoms with Crippen molar-refractivity contribution in [1.82, 2.24) is 15.0 Å². The lowest BCUT2D eigenvalue weighted by molar-refractivity contribution is -0.136. The van der Waals surface area contributed by atoms with Crippen LogP contribution in [-0.4, -0.2) is 15.0 Å². The maximum absolute atomic E-state index is 13.0. The lowest BCUT2D eigenvalue weighted by Crippen LogP contribution is -2.09. The van der Waals surface area contributed by atoms with Crippen molar-refractivity contribution in [3.8, 4) is 0 Å². The third-order valence-electron chi connectivity index (χ3n) is 2.70. The first-order valence-electron chi connectivity index (χ1n) is 5.76. The average molecular weight is 365 g/mol. The second kappa shape index (κ2) is 5.53. The second-order valence-electron chi connectivity index (χ2n) is 4.12. The SMILES string of the molecule is FC(F)(F)c1cccc(Cl)c1Nc1nc2c(Cl)ncnc2s1. The summed E-state index contributed by atoms with van der Waals surface area (Å²) in [7, 11) is 0. The first-order valence-corrected chi connectivity index (χ1v) is 7.33. The minimum Gasteiger partial charge on any atom is -0.330 e. The number of nitrogens with one attached hydrogen (secondary N) is 1. The Morgan fingerprint density at radius 2 is 1.91 bits per heavy atom. The van der Waals surface area contributed by atoms with Gasteiger partial charge in [0.25, 0.3) is 0 Å². The Balaban J connectivity index is 2.07. The molecule has 0 fully saturated rings. The van der Waals surface area contributed by atoms with Gasteiger partial charge in [-0.25, -0.2) is 15.0 Å². The number of fused-ring (bicyclic) bond motifs is 1. The summed E-state index contributed by atoms with van der Waals surface area (Å²) in [6.45, 7) is 0. The molecule has 1 N–H and O–H groups in total. The number of para-hydroxylation sites is 1. The fourth-order valence-corrected chi connectivity index (χ4v) is 3.04. The van der Waals surface area contributed by atoms with Gasteiger partial charge in [-0.05, 0) is 12.1 Å². The van der Waals surface area contributed by atoms with E-state index in [1.54, 1.807) is 0 Å². The van der Waals surface area contributed by atoms with Crippen LogP contribution in [0.4, 0.5) is 24.0 Å². The highest BCUT2D eigenvalue weighted by atomic mass is 35.5. The van der Waals surface area contributed by atoms with E-state index >= 15 is 0 Å². The van der Waals surface area contributed by atoms with E-state index in [1.807, 2.05) is 0 Å². The highest BCUT2D eigenvalue weighted by Gasteiger charge is 2.34. The number of aromatic nitrogens is 3.